The summed E-state index contributed by atoms with van der Waals surface area (Å²) in [6.07, 6.45) is 7.90. The number of hydrogen-bond acceptors (Lipinski definition) is 5. The van der Waals surface area contributed by atoms with Crippen molar-refractivity contribution in [3.05, 3.63) is 46.4 Å². The van der Waals surface area contributed by atoms with Crippen LogP contribution in [0.25, 0.3) is 16.6 Å². The minimum Gasteiger partial charge on any atom is -0.354 e. The number of para-hydroxylation sites is 1. The number of benzene rings is 1. The van der Waals surface area contributed by atoms with Crippen LogP contribution in [-0.4, -0.2) is 75.2 Å². The second-order valence-electron chi connectivity index (χ2n) is 10.2. The molecule has 1 unspecified atom stereocenters. The number of aromatic nitrogens is 3. The van der Waals surface area contributed by atoms with Gasteiger partial charge in [0.1, 0.15) is 6.04 Å². The van der Waals surface area contributed by atoms with Gasteiger partial charge in [0.25, 0.3) is 5.56 Å². The fourth-order valence-electron chi connectivity index (χ4n) is 5.96. The van der Waals surface area contributed by atoms with Gasteiger partial charge < -0.3 is 10.2 Å². The molecule has 35 heavy (non-hydrogen) atoms. The number of nitrogens with zero attached hydrogens (tertiary/aromatic N) is 5. The van der Waals surface area contributed by atoms with Gasteiger partial charge in [-0.05, 0) is 51.8 Å². The largest absolute Gasteiger partial charge is 0.354 e. The highest BCUT2D eigenvalue weighted by Gasteiger charge is 2.25. The van der Waals surface area contributed by atoms with Crippen LogP contribution in [0.4, 0.5) is 0 Å². The summed E-state index contributed by atoms with van der Waals surface area (Å²) in [7, 11) is 0. The average Bonchev–Trinajstić information content (AvgIpc) is 3.21. The Morgan fingerprint density at radius 3 is 2.63 bits per heavy atom. The lowest BCUT2D eigenvalue weighted by Gasteiger charge is -2.40. The predicted octanol–water partition coefficient (Wildman–Crippen LogP) is 2.98. The van der Waals surface area contributed by atoms with E-state index in [4.69, 9.17) is 0 Å². The van der Waals surface area contributed by atoms with E-state index in [2.05, 4.69) is 20.1 Å². The van der Waals surface area contributed by atoms with Crippen LogP contribution >= 0.6 is 0 Å². The first-order chi connectivity index (χ1) is 17.0. The highest BCUT2D eigenvalue weighted by Crippen LogP contribution is 2.25. The molecular formula is C27H38N6O2. The first kappa shape index (κ1) is 24.0. The minimum absolute atomic E-state index is 0.0205. The van der Waals surface area contributed by atoms with Crippen molar-refractivity contribution < 1.29 is 4.79 Å². The van der Waals surface area contributed by atoms with Crippen LogP contribution < -0.4 is 10.9 Å². The number of carbonyl (C=O) groups is 1. The summed E-state index contributed by atoms with van der Waals surface area (Å²) < 4.78 is 3.84. The van der Waals surface area contributed by atoms with Crippen LogP contribution in [0, 0.1) is 6.92 Å². The Hall–Kier alpha value is -2.71. The first-order valence-corrected chi connectivity index (χ1v) is 13.3. The maximum Gasteiger partial charge on any atom is 0.273 e. The third kappa shape index (κ3) is 5.00. The monoisotopic (exact) mass is 478 g/mol. The van der Waals surface area contributed by atoms with Crippen molar-refractivity contribution in [1.29, 1.82) is 0 Å². The van der Waals surface area contributed by atoms with E-state index >= 15 is 0 Å². The Balaban J connectivity index is 1.17. The van der Waals surface area contributed by atoms with E-state index in [1.165, 1.54) is 51.3 Å². The fraction of sp³-hybridized carbons (Fsp3) is 0.593. The number of fused-ring (bicyclic) bond motifs is 3. The van der Waals surface area contributed by atoms with Gasteiger partial charge in [0, 0.05) is 55.9 Å². The third-order valence-electron chi connectivity index (χ3n) is 7.89. The normalized spacial score (nSPS) is 19.4. The Labute approximate surface area is 206 Å². The molecule has 0 radical (unpaired) electrons. The maximum atomic E-state index is 13.1. The van der Waals surface area contributed by atoms with Crippen molar-refractivity contribution >= 4 is 22.5 Å². The number of amides is 1. The van der Waals surface area contributed by atoms with Crippen LogP contribution in [-0.2, 0) is 4.79 Å². The van der Waals surface area contributed by atoms with Gasteiger partial charge in [-0.25, -0.2) is 4.52 Å². The van der Waals surface area contributed by atoms with Gasteiger partial charge in [0.15, 0.2) is 5.65 Å². The summed E-state index contributed by atoms with van der Waals surface area (Å²) in [6.45, 7) is 10.1. The Morgan fingerprint density at radius 2 is 1.86 bits per heavy atom. The quantitative estimate of drug-likeness (QED) is 0.529. The zero-order valence-electron chi connectivity index (χ0n) is 21.1. The van der Waals surface area contributed by atoms with Gasteiger partial charge in [-0.1, -0.05) is 31.4 Å². The second-order valence-corrected chi connectivity index (χ2v) is 10.2. The molecule has 5 rings (SSSR count). The van der Waals surface area contributed by atoms with E-state index in [0.29, 0.717) is 12.2 Å². The fourth-order valence-corrected chi connectivity index (χ4v) is 5.96. The van der Waals surface area contributed by atoms with Crippen LogP contribution in [0.3, 0.4) is 0 Å². The molecule has 1 atom stereocenters. The third-order valence-corrected chi connectivity index (χ3v) is 7.89. The molecule has 3 aromatic rings. The lowest BCUT2D eigenvalue weighted by Crippen LogP contribution is -2.51. The molecule has 1 saturated carbocycles. The molecule has 1 N–H and O–H groups in total. The van der Waals surface area contributed by atoms with E-state index in [0.717, 1.165) is 48.7 Å². The topological polar surface area (TPSA) is 74.9 Å². The molecule has 2 aromatic heterocycles. The van der Waals surface area contributed by atoms with Crippen molar-refractivity contribution in [2.75, 3.05) is 39.3 Å². The van der Waals surface area contributed by atoms with E-state index in [-0.39, 0.29) is 11.5 Å². The molecule has 1 aliphatic heterocycles. The number of piperazine rings is 1. The molecule has 1 aromatic carbocycles. The lowest BCUT2D eigenvalue weighted by molar-refractivity contribution is -0.124. The van der Waals surface area contributed by atoms with E-state index in [1.807, 2.05) is 47.3 Å². The van der Waals surface area contributed by atoms with Crippen molar-refractivity contribution in [3.8, 4) is 0 Å². The van der Waals surface area contributed by atoms with E-state index < -0.39 is 6.04 Å². The van der Waals surface area contributed by atoms with Crippen LogP contribution in [0.5, 0.6) is 0 Å². The Morgan fingerprint density at radius 1 is 1.11 bits per heavy atom. The van der Waals surface area contributed by atoms with Crippen molar-refractivity contribution in [3.63, 3.8) is 0 Å². The summed E-state index contributed by atoms with van der Waals surface area (Å²) in [5.41, 5.74) is 2.00. The van der Waals surface area contributed by atoms with Crippen molar-refractivity contribution in [2.45, 2.75) is 64.5 Å². The molecule has 2 aliphatic rings. The molecular weight excluding hydrogens is 440 g/mol. The molecule has 188 valence electrons. The van der Waals surface area contributed by atoms with Gasteiger partial charge >= 0.3 is 0 Å². The summed E-state index contributed by atoms with van der Waals surface area (Å²) in [6, 6.07) is 9.70. The van der Waals surface area contributed by atoms with Gasteiger partial charge in [0.05, 0.1) is 5.52 Å². The zero-order valence-corrected chi connectivity index (χ0v) is 21.1. The number of nitrogens with one attached hydrogen (secondary N) is 1. The molecule has 0 bridgehead atoms. The molecule has 2 fully saturated rings. The smallest absolute Gasteiger partial charge is 0.273 e. The molecule has 0 spiro atoms. The van der Waals surface area contributed by atoms with Crippen molar-refractivity contribution in [2.24, 2.45) is 0 Å². The van der Waals surface area contributed by atoms with Crippen LogP contribution in [0.1, 0.15) is 57.2 Å². The summed E-state index contributed by atoms with van der Waals surface area (Å²) in [5.74, 6) is -0.0205. The van der Waals surface area contributed by atoms with Crippen LogP contribution in [0.15, 0.2) is 35.1 Å². The standard InChI is InChI=1S/C27H38N6O2/c1-20-19-25(34)29-26-23-11-6-7-12-24(23)33(32(20)26)21(2)27(35)28-13-8-14-30-15-17-31(18-16-30)22-9-4-3-5-10-22/h6-7,11-12,19,21-22H,3-5,8-10,13-18H2,1-2H3,(H,28,35). The number of aryl methyl sites for hydroxylation is 1. The number of hydrogen-bond donors (Lipinski definition) is 1. The molecule has 1 amide bonds. The molecule has 1 saturated heterocycles. The summed E-state index contributed by atoms with van der Waals surface area (Å²) in [4.78, 5) is 34.6. The van der Waals surface area contributed by atoms with Crippen LogP contribution in [0.2, 0.25) is 0 Å². The molecule has 8 heteroatoms. The predicted molar refractivity (Wildman–Crippen MR) is 139 cm³/mol. The Kier molecular flexibility index (Phi) is 7.20. The Bertz CT molecular complexity index is 1230. The maximum absolute atomic E-state index is 13.1. The minimum atomic E-state index is -0.431. The van der Waals surface area contributed by atoms with Gasteiger partial charge in [-0.3, -0.25) is 19.2 Å². The average molecular weight is 479 g/mol. The van der Waals surface area contributed by atoms with Gasteiger partial charge in [-0.15, -0.1) is 0 Å². The van der Waals surface area contributed by atoms with Gasteiger partial charge in [-0.2, -0.15) is 4.98 Å². The second kappa shape index (κ2) is 10.5. The molecule has 8 nitrogen and oxygen atoms in total. The SMILES string of the molecule is Cc1cc(=O)nc2c3ccccc3n(C(C)C(=O)NCCCN3CCN(C4CCCCC4)CC3)n12. The highest BCUT2D eigenvalue weighted by molar-refractivity contribution is 5.94. The summed E-state index contributed by atoms with van der Waals surface area (Å²) in [5, 5.41) is 4.01. The molecule has 1 aliphatic carbocycles. The lowest BCUT2D eigenvalue weighted by atomic mass is 9.94. The highest BCUT2D eigenvalue weighted by atomic mass is 16.2. The summed E-state index contributed by atoms with van der Waals surface area (Å²) >= 11 is 0. The van der Waals surface area contributed by atoms with E-state index in [1.54, 1.807) is 0 Å². The van der Waals surface area contributed by atoms with E-state index in [9.17, 15) is 9.59 Å². The van der Waals surface area contributed by atoms with Gasteiger partial charge in [0.2, 0.25) is 5.91 Å². The molecule has 3 heterocycles. The number of carbonyl (C=O) groups excluding carboxylic acids is 1. The zero-order chi connectivity index (χ0) is 24.4. The first-order valence-electron chi connectivity index (χ1n) is 13.3. The van der Waals surface area contributed by atoms with Crippen molar-refractivity contribution in [1.82, 2.24) is 29.3 Å². The number of rotatable bonds is 7.